The van der Waals surface area contributed by atoms with Gasteiger partial charge in [-0.3, -0.25) is 9.88 Å². The highest BCUT2D eigenvalue weighted by molar-refractivity contribution is 14.0. The summed E-state index contributed by atoms with van der Waals surface area (Å²) in [4.78, 5) is 11.4. The highest BCUT2D eigenvalue weighted by Crippen LogP contribution is 2.26. The van der Waals surface area contributed by atoms with Gasteiger partial charge < -0.3 is 15.4 Å². The lowest BCUT2D eigenvalue weighted by Gasteiger charge is -2.24. The number of nitrogens with one attached hydrogen (secondary N) is 2. The van der Waals surface area contributed by atoms with Crippen LogP contribution in [0.4, 0.5) is 0 Å². The number of guanidine groups is 1. The molecule has 1 atom stereocenters. The van der Waals surface area contributed by atoms with Crippen LogP contribution in [0.25, 0.3) is 0 Å². The van der Waals surface area contributed by atoms with E-state index in [1.54, 1.807) is 12.4 Å². The lowest BCUT2D eigenvalue weighted by molar-refractivity contribution is 0.242. The van der Waals surface area contributed by atoms with Gasteiger partial charge in [-0.1, -0.05) is 12.8 Å². The summed E-state index contributed by atoms with van der Waals surface area (Å²) in [7, 11) is 0. The van der Waals surface area contributed by atoms with Crippen LogP contribution in [0, 0.1) is 0 Å². The fourth-order valence-corrected chi connectivity index (χ4v) is 3.77. The van der Waals surface area contributed by atoms with E-state index in [0.29, 0.717) is 19.2 Å². The van der Waals surface area contributed by atoms with Gasteiger partial charge in [-0.15, -0.1) is 24.0 Å². The Labute approximate surface area is 174 Å². The zero-order chi connectivity index (χ0) is 17.3. The van der Waals surface area contributed by atoms with Crippen molar-refractivity contribution in [2.24, 2.45) is 4.99 Å². The Balaban J connectivity index is 0.00000243. The maximum absolute atomic E-state index is 5.66. The van der Waals surface area contributed by atoms with E-state index >= 15 is 0 Å². The van der Waals surface area contributed by atoms with Gasteiger partial charge in [0.05, 0.1) is 12.7 Å². The van der Waals surface area contributed by atoms with Crippen molar-refractivity contribution in [2.45, 2.75) is 51.1 Å². The number of aromatic nitrogens is 1. The van der Waals surface area contributed by atoms with Crippen LogP contribution in [-0.2, 0) is 0 Å². The summed E-state index contributed by atoms with van der Waals surface area (Å²) in [5.74, 6) is 1.69. The molecule has 2 fully saturated rings. The Morgan fingerprint density at radius 3 is 2.92 bits per heavy atom. The van der Waals surface area contributed by atoms with E-state index in [9.17, 15) is 0 Å². The lowest BCUT2D eigenvalue weighted by atomic mass is 10.2. The van der Waals surface area contributed by atoms with Gasteiger partial charge in [-0.2, -0.15) is 0 Å². The molecule has 1 saturated heterocycles. The number of likely N-dealkylation sites (tertiary alicyclic amines) is 1. The second-order valence-electron chi connectivity index (χ2n) is 6.86. The van der Waals surface area contributed by atoms with Crippen molar-refractivity contribution >= 4 is 29.9 Å². The van der Waals surface area contributed by atoms with Gasteiger partial charge in [-0.25, -0.2) is 4.99 Å². The van der Waals surface area contributed by atoms with Crippen LogP contribution >= 0.6 is 24.0 Å². The van der Waals surface area contributed by atoms with Crippen LogP contribution in [0.15, 0.2) is 29.5 Å². The Hall–Kier alpha value is -1.09. The summed E-state index contributed by atoms with van der Waals surface area (Å²) in [6.45, 7) is 6.51. The van der Waals surface area contributed by atoms with Crippen molar-refractivity contribution in [1.82, 2.24) is 20.5 Å². The highest BCUT2D eigenvalue weighted by atomic mass is 127. The second-order valence-corrected chi connectivity index (χ2v) is 6.86. The average molecular weight is 473 g/mol. The summed E-state index contributed by atoms with van der Waals surface area (Å²) >= 11 is 0. The molecule has 6 nitrogen and oxygen atoms in total. The van der Waals surface area contributed by atoms with Crippen LogP contribution in [-0.4, -0.2) is 60.7 Å². The van der Waals surface area contributed by atoms with Gasteiger partial charge in [-0.05, 0) is 38.3 Å². The first-order chi connectivity index (χ1) is 12.3. The standard InChI is InChI=1S/C19H31N5O.HI/c1-2-21-19(22-11-13-25-18-8-5-10-20-14-18)23-16-9-12-24(15-16)17-6-3-4-7-17;/h5,8,10,14,16-17H,2-4,6-7,9,11-13,15H2,1H3,(H2,21,22,23);1H. The number of nitrogens with zero attached hydrogens (tertiary/aromatic N) is 3. The number of halogens is 1. The number of hydrogen-bond acceptors (Lipinski definition) is 4. The summed E-state index contributed by atoms with van der Waals surface area (Å²) < 4.78 is 5.66. The number of pyridine rings is 1. The summed E-state index contributed by atoms with van der Waals surface area (Å²) in [6.07, 6.45) is 10.2. The fourth-order valence-electron chi connectivity index (χ4n) is 3.77. The van der Waals surface area contributed by atoms with Crippen LogP contribution in [0.2, 0.25) is 0 Å². The number of rotatable bonds is 7. The van der Waals surface area contributed by atoms with Crippen molar-refractivity contribution in [1.29, 1.82) is 0 Å². The zero-order valence-corrected chi connectivity index (χ0v) is 18.0. The molecular formula is C19H32IN5O. The first kappa shape index (κ1) is 21.2. The van der Waals surface area contributed by atoms with Gasteiger partial charge >= 0.3 is 0 Å². The first-order valence-electron chi connectivity index (χ1n) is 9.67. The fraction of sp³-hybridized carbons (Fsp3) is 0.684. The van der Waals surface area contributed by atoms with E-state index < -0.39 is 0 Å². The van der Waals surface area contributed by atoms with Crippen molar-refractivity contribution in [2.75, 3.05) is 32.8 Å². The highest BCUT2D eigenvalue weighted by Gasteiger charge is 2.30. The predicted molar refractivity (Wildman–Crippen MR) is 116 cm³/mol. The topological polar surface area (TPSA) is 61.8 Å². The van der Waals surface area contributed by atoms with E-state index in [2.05, 4.69) is 32.4 Å². The number of ether oxygens (including phenoxy) is 1. The molecule has 0 amide bonds. The molecule has 0 bridgehead atoms. The molecule has 2 aliphatic rings. The minimum Gasteiger partial charge on any atom is -0.490 e. The molecule has 1 aliphatic heterocycles. The van der Waals surface area contributed by atoms with Crippen molar-refractivity contribution < 1.29 is 4.74 Å². The molecule has 0 aromatic carbocycles. The molecule has 2 N–H and O–H groups in total. The predicted octanol–water partition coefficient (Wildman–Crippen LogP) is 2.65. The molecule has 1 aromatic heterocycles. The summed E-state index contributed by atoms with van der Waals surface area (Å²) in [5, 5.41) is 6.94. The minimum atomic E-state index is 0. The Morgan fingerprint density at radius 1 is 1.35 bits per heavy atom. The molecule has 26 heavy (non-hydrogen) atoms. The third kappa shape index (κ3) is 6.57. The van der Waals surface area contributed by atoms with E-state index in [1.165, 1.54) is 38.6 Å². The lowest BCUT2D eigenvalue weighted by Crippen LogP contribution is -2.45. The second kappa shape index (κ2) is 11.6. The normalized spacial score (nSPS) is 21.4. The van der Waals surface area contributed by atoms with E-state index in [4.69, 9.17) is 4.74 Å². The van der Waals surface area contributed by atoms with Gasteiger partial charge in [0.2, 0.25) is 0 Å². The smallest absolute Gasteiger partial charge is 0.191 e. The van der Waals surface area contributed by atoms with E-state index in [0.717, 1.165) is 30.8 Å². The van der Waals surface area contributed by atoms with Gasteiger partial charge in [0, 0.05) is 37.9 Å². The van der Waals surface area contributed by atoms with Crippen molar-refractivity contribution in [3.63, 3.8) is 0 Å². The summed E-state index contributed by atoms with van der Waals surface area (Å²) in [5.41, 5.74) is 0. The van der Waals surface area contributed by atoms with Crippen molar-refractivity contribution in [3.05, 3.63) is 24.5 Å². The van der Waals surface area contributed by atoms with Gasteiger partial charge in [0.1, 0.15) is 12.4 Å². The third-order valence-electron chi connectivity index (χ3n) is 5.01. The van der Waals surface area contributed by atoms with Crippen LogP contribution in [0.1, 0.15) is 39.0 Å². The van der Waals surface area contributed by atoms with Gasteiger partial charge in [0.25, 0.3) is 0 Å². The maximum atomic E-state index is 5.66. The largest absolute Gasteiger partial charge is 0.490 e. The molecular weight excluding hydrogens is 441 g/mol. The van der Waals surface area contributed by atoms with Gasteiger partial charge in [0.15, 0.2) is 5.96 Å². The molecule has 7 heteroatoms. The molecule has 146 valence electrons. The Bertz CT molecular complexity index is 536. The first-order valence-corrected chi connectivity index (χ1v) is 9.67. The molecule has 1 aliphatic carbocycles. The Kier molecular flexibility index (Phi) is 9.45. The minimum absolute atomic E-state index is 0. The molecule has 2 heterocycles. The Morgan fingerprint density at radius 2 is 2.19 bits per heavy atom. The molecule has 3 rings (SSSR count). The molecule has 0 radical (unpaired) electrons. The monoisotopic (exact) mass is 473 g/mol. The van der Waals surface area contributed by atoms with E-state index in [-0.39, 0.29) is 24.0 Å². The van der Waals surface area contributed by atoms with Crippen LogP contribution < -0.4 is 15.4 Å². The molecule has 1 aromatic rings. The zero-order valence-electron chi connectivity index (χ0n) is 15.7. The van der Waals surface area contributed by atoms with Crippen LogP contribution in [0.5, 0.6) is 5.75 Å². The number of hydrogen-bond donors (Lipinski definition) is 2. The SMILES string of the molecule is CCNC(=NCCOc1cccnc1)NC1CCN(C2CCCC2)C1.I. The van der Waals surface area contributed by atoms with Crippen LogP contribution in [0.3, 0.4) is 0 Å². The quantitative estimate of drug-likeness (QED) is 0.276. The third-order valence-corrected chi connectivity index (χ3v) is 5.01. The molecule has 0 spiro atoms. The van der Waals surface area contributed by atoms with E-state index in [1.807, 2.05) is 12.1 Å². The average Bonchev–Trinajstić information content (AvgIpc) is 3.31. The number of aliphatic imine (C=N–C) groups is 1. The maximum Gasteiger partial charge on any atom is 0.191 e. The molecule has 1 saturated carbocycles. The summed E-state index contributed by atoms with van der Waals surface area (Å²) in [6, 6.07) is 5.10. The van der Waals surface area contributed by atoms with Crippen molar-refractivity contribution in [3.8, 4) is 5.75 Å². The molecule has 1 unspecified atom stereocenters.